The number of nitrogens with two attached hydrogens (primary N) is 1. The lowest BCUT2D eigenvalue weighted by molar-refractivity contribution is 0.145. The molecule has 0 aromatic carbocycles. The average molecular weight is 237 g/mol. The normalized spacial score (nSPS) is 10.8. The van der Waals surface area contributed by atoms with Gasteiger partial charge in [-0.15, -0.1) is 0 Å². The smallest absolute Gasteiger partial charge is 0.280 e. The first-order valence-electron chi connectivity index (χ1n) is 3.27. The highest BCUT2D eigenvalue weighted by Crippen LogP contribution is 2.22. The van der Waals surface area contributed by atoms with Gasteiger partial charge in [-0.05, 0) is 27.6 Å². The zero-order chi connectivity index (χ0) is 9.14. The molecule has 66 valence electrons. The molecule has 0 aliphatic heterocycles. The van der Waals surface area contributed by atoms with E-state index in [0.717, 1.165) is 0 Å². The average Bonchev–Trinajstić information content (AvgIpc) is 2.03. The van der Waals surface area contributed by atoms with Crippen molar-refractivity contribution >= 4 is 15.9 Å². The molecule has 12 heavy (non-hydrogen) atoms. The number of rotatable bonds is 2. The van der Waals surface area contributed by atoms with Crippen LogP contribution in [0, 0.1) is 0 Å². The number of halogens is 3. The van der Waals surface area contributed by atoms with E-state index in [1.807, 2.05) is 0 Å². The fourth-order valence-electron chi connectivity index (χ4n) is 0.852. The maximum Gasteiger partial charge on any atom is 0.280 e. The summed E-state index contributed by atoms with van der Waals surface area (Å²) in [6.07, 6.45) is -1.22. The van der Waals surface area contributed by atoms with Gasteiger partial charge in [-0.25, -0.2) is 8.78 Å². The van der Waals surface area contributed by atoms with Crippen molar-refractivity contribution in [2.24, 2.45) is 5.73 Å². The summed E-state index contributed by atoms with van der Waals surface area (Å²) in [5.74, 6) is 0. The third kappa shape index (κ3) is 1.98. The second kappa shape index (κ2) is 3.91. The zero-order valence-corrected chi connectivity index (χ0v) is 7.68. The molecule has 2 N–H and O–H groups in total. The predicted molar refractivity (Wildman–Crippen MR) is 44.8 cm³/mol. The third-order valence-corrected chi connectivity index (χ3v) is 1.83. The second-order valence-electron chi connectivity index (χ2n) is 2.20. The molecular weight excluding hydrogens is 230 g/mol. The molecule has 0 bridgehead atoms. The van der Waals surface area contributed by atoms with Crippen LogP contribution in [0.25, 0.3) is 0 Å². The number of pyridine rings is 1. The fraction of sp³-hybridized carbons (Fsp3) is 0.286. The highest BCUT2D eigenvalue weighted by atomic mass is 79.9. The summed E-state index contributed by atoms with van der Waals surface area (Å²) < 4.78 is 25.1. The number of hydrogen-bond donors (Lipinski definition) is 1. The molecule has 0 atom stereocenters. The first-order valence-corrected chi connectivity index (χ1v) is 4.07. The Morgan fingerprint density at radius 1 is 1.58 bits per heavy atom. The van der Waals surface area contributed by atoms with Gasteiger partial charge in [-0.1, -0.05) is 0 Å². The molecule has 1 heterocycles. The molecule has 0 spiro atoms. The van der Waals surface area contributed by atoms with Gasteiger partial charge in [0.05, 0.1) is 0 Å². The van der Waals surface area contributed by atoms with E-state index < -0.39 is 6.43 Å². The molecule has 1 aromatic heterocycles. The van der Waals surface area contributed by atoms with Crippen LogP contribution in [-0.4, -0.2) is 4.98 Å². The van der Waals surface area contributed by atoms with Gasteiger partial charge in [0.1, 0.15) is 5.69 Å². The van der Waals surface area contributed by atoms with E-state index in [0.29, 0.717) is 10.0 Å². The van der Waals surface area contributed by atoms with Gasteiger partial charge in [0.15, 0.2) is 0 Å². The Hall–Kier alpha value is -0.550. The van der Waals surface area contributed by atoms with Crippen LogP contribution in [0.5, 0.6) is 0 Å². The Morgan fingerprint density at radius 3 is 2.75 bits per heavy atom. The van der Waals surface area contributed by atoms with E-state index in [2.05, 4.69) is 20.9 Å². The van der Waals surface area contributed by atoms with Crippen LogP contribution in [0.2, 0.25) is 0 Å². The number of nitrogens with zero attached hydrogens (tertiary/aromatic N) is 1. The number of hydrogen-bond acceptors (Lipinski definition) is 2. The minimum Gasteiger partial charge on any atom is -0.326 e. The number of aromatic nitrogens is 1. The van der Waals surface area contributed by atoms with Gasteiger partial charge < -0.3 is 5.73 Å². The molecule has 5 heteroatoms. The first-order chi connectivity index (χ1) is 5.65. The van der Waals surface area contributed by atoms with Crippen molar-refractivity contribution in [2.75, 3.05) is 0 Å². The number of alkyl halides is 2. The van der Waals surface area contributed by atoms with Gasteiger partial charge in [0.25, 0.3) is 6.43 Å². The van der Waals surface area contributed by atoms with Crippen LogP contribution >= 0.6 is 15.9 Å². The molecular formula is C7H7BrF2N2. The van der Waals surface area contributed by atoms with E-state index in [-0.39, 0.29) is 12.2 Å². The van der Waals surface area contributed by atoms with Gasteiger partial charge in [0, 0.05) is 17.2 Å². The van der Waals surface area contributed by atoms with E-state index in [1.165, 1.54) is 6.20 Å². The molecule has 0 amide bonds. The molecule has 0 aliphatic carbocycles. The van der Waals surface area contributed by atoms with Gasteiger partial charge >= 0.3 is 0 Å². The first kappa shape index (κ1) is 9.54. The summed E-state index contributed by atoms with van der Waals surface area (Å²) in [6, 6.07) is 1.55. The lowest BCUT2D eigenvalue weighted by atomic mass is 10.2. The fourth-order valence-corrected chi connectivity index (χ4v) is 1.23. The Morgan fingerprint density at radius 2 is 2.25 bits per heavy atom. The second-order valence-corrected chi connectivity index (χ2v) is 3.12. The topological polar surface area (TPSA) is 38.9 Å². The molecule has 0 fully saturated rings. The third-order valence-electron chi connectivity index (χ3n) is 1.39. The molecule has 0 saturated heterocycles. The van der Waals surface area contributed by atoms with Gasteiger partial charge in [-0.2, -0.15) is 0 Å². The summed E-state index contributed by atoms with van der Waals surface area (Å²) in [5.41, 5.74) is 5.40. The molecule has 0 unspecified atom stereocenters. The predicted octanol–water partition coefficient (Wildman–Crippen LogP) is 2.24. The summed E-state index contributed by atoms with van der Waals surface area (Å²) >= 11 is 3.12. The van der Waals surface area contributed by atoms with Crippen molar-refractivity contribution in [1.29, 1.82) is 0 Å². The minimum absolute atomic E-state index is 0.0755. The van der Waals surface area contributed by atoms with Crippen molar-refractivity contribution in [1.82, 2.24) is 4.98 Å². The van der Waals surface area contributed by atoms with Crippen LogP contribution < -0.4 is 5.73 Å². The molecule has 2 nitrogen and oxygen atoms in total. The Kier molecular flexibility index (Phi) is 3.11. The molecule has 1 aromatic rings. The van der Waals surface area contributed by atoms with E-state index in [1.54, 1.807) is 6.07 Å². The van der Waals surface area contributed by atoms with Crippen molar-refractivity contribution in [3.8, 4) is 0 Å². The summed E-state index contributed by atoms with van der Waals surface area (Å²) in [5, 5.41) is 0. The maximum atomic E-state index is 12.2. The summed E-state index contributed by atoms with van der Waals surface area (Å²) in [4.78, 5) is 3.57. The molecule has 0 radical (unpaired) electrons. The minimum atomic E-state index is -2.56. The molecule has 0 aliphatic rings. The van der Waals surface area contributed by atoms with Crippen molar-refractivity contribution in [2.45, 2.75) is 13.0 Å². The van der Waals surface area contributed by atoms with Crippen LogP contribution in [-0.2, 0) is 6.54 Å². The van der Waals surface area contributed by atoms with Crippen LogP contribution in [0.1, 0.15) is 17.7 Å². The summed E-state index contributed by atoms with van der Waals surface area (Å²) in [7, 11) is 0. The van der Waals surface area contributed by atoms with Crippen molar-refractivity contribution < 1.29 is 8.78 Å². The van der Waals surface area contributed by atoms with Crippen molar-refractivity contribution in [3.05, 3.63) is 28.0 Å². The van der Waals surface area contributed by atoms with Crippen molar-refractivity contribution in [3.63, 3.8) is 0 Å². The molecule has 0 saturated carbocycles. The quantitative estimate of drug-likeness (QED) is 0.856. The Labute approximate surface area is 76.9 Å². The highest BCUT2D eigenvalue weighted by molar-refractivity contribution is 9.10. The SMILES string of the molecule is NCc1cc(Br)cnc1C(F)F. The van der Waals surface area contributed by atoms with Gasteiger partial charge in [0.2, 0.25) is 0 Å². The lowest BCUT2D eigenvalue weighted by Gasteiger charge is -2.05. The lowest BCUT2D eigenvalue weighted by Crippen LogP contribution is -2.04. The summed E-state index contributed by atoms with van der Waals surface area (Å²) in [6.45, 7) is 0.0755. The van der Waals surface area contributed by atoms with E-state index in [9.17, 15) is 8.78 Å². The van der Waals surface area contributed by atoms with E-state index in [4.69, 9.17) is 5.73 Å². The Bertz CT molecular complexity index is 278. The van der Waals surface area contributed by atoms with Crippen LogP contribution in [0.4, 0.5) is 8.78 Å². The van der Waals surface area contributed by atoms with Gasteiger partial charge in [-0.3, -0.25) is 4.98 Å². The monoisotopic (exact) mass is 236 g/mol. The standard InChI is InChI=1S/C7H7BrF2N2/c8-5-1-4(2-11)6(7(9)10)12-3-5/h1,3,7H,2,11H2. The Balaban J connectivity index is 3.11. The maximum absolute atomic E-state index is 12.2. The zero-order valence-electron chi connectivity index (χ0n) is 6.10. The van der Waals surface area contributed by atoms with Crippen LogP contribution in [0.3, 0.4) is 0 Å². The highest BCUT2D eigenvalue weighted by Gasteiger charge is 2.13. The molecule has 1 rings (SSSR count). The largest absolute Gasteiger partial charge is 0.326 e. The van der Waals surface area contributed by atoms with Crippen LogP contribution in [0.15, 0.2) is 16.7 Å². The van der Waals surface area contributed by atoms with E-state index >= 15 is 0 Å².